The zero-order valence-electron chi connectivity index (χ0n) is 19.1. The Morgan fingerprint density at radius 3 is 2.28 bits per heavy atom. The molecular formula is C24H24F3N7O2. The van der Waals surface area contributed by atoms with Crippen molar-refractivity contribution in [1.29, 1.82) is 0 Å². The van der Waals surface area contributed by atoms with Crippen LogP contribution in [0.25, 0.3) is 11.3 Å². The van der Waals surface area contributed by atoms with E-state index in [0.29, 0.717) is 54.6 Å². The van der Waals surface area contributed by atoms with Gasteiger partial charge in [0.1, 0.15) is 5.69 Å². The number of benzene rings is 2. The monoisotopic (exact) mass is 499 g/mol. The van der Waals surface area contributed by atoms with Gasteiger partial charge in [0.15, 0.2) is 0 Å². The van der Waals surface area contributed by atoms with E-state index in [1.165, 1.54) is 6.07 Å². The maximum Gasteiger partial charge on any atom is 0.436 e. The number of hydrogen-bond donors (Lipinski definition) is 4. The Bertz CT molecular complexity index is 1240. The van der Waals surface area contributed by atoms with Crippen molar-refractivity contribution in [3.05, 3.63) is 60.3 Å². The zero-order valence-corrected chi connectivity index (χ0v) is 19.1. The third kappa shape index (κ3) is 4.40. The number of carbonyl (C=O) groups excluding carboxylic acids is 1. The number of aromatic nitrogens is 2. The number of fused-ring (bicyclic) bond motifs is 1. The summed E-state index contributed by atoms with van der Waals surface area (Å²) in [6.45, 7) is 1.58. The maximum absolute atomic E-state index is 14.7. The predicted octanol–water partition coefficient (Wildman–Crippen LogP) is 3.13. The quantitative estimate of drug-likeness (QED) is 0.423. The molecule has 2 aromatic carbocycles. The molecule has 3 heterocycles. The molecule has 2 aliphatic heterocycles. The highest BCUT2D eigenvalue weighted by atomic mass is 19.4. The highest BCUT2D eigenvalue weighted by Gasteiger charge is 2.61. The molecule has 1 aromatic heterocycles. The average Bonchev–Trinajstić information content (AvgIpc) is 3.31. The summed E-state index contributed by atoms with van der Waals surface area (Å²) in [7, 11) is 0. The number of carbonyl (C=O) groups is 1. The number of rotatable bonds is 5. The Morgan fingerprint density at radius 2 is 1.69 bits per heavy atom. The van der Waals surface area contributed by atoms with E-state index in [4.69, 9.17) is 10.5 Å². The van der Waals surface area contributed by atoms with Gasteiger partial charge >= 0.3 is 6.18 Å². The largest absolute Gasteiger partial charge is 0.436 e. The lowest BCUT2D eigenvalue weighted by atomic mass is 10.0. The van der Waals surface area contributed by atoms with Gasteiger partial charge < -0.3 is 31.3 Å². The Kier molecular flexibility index (Phi) is 6.14. The number of para-hydroxylation sites is 2. The molecule has 2 aliphatic rings. The molecule has 0 aliphatic carbocycles. The number of ether oxygens (including phenoxy) is 1. The molecule has 5 rings (SSSR count). The van der Waals surface area contributed by atoms with Crippen molar-refractivity contribution in [3.8, 4) is 11.3 Å². The minimum Gasteiger partial charge on any atom is -0.378 e. The van der Waals surface area contributed by atoms with E-state index in [1.807, 2.05) is 0 Å². The number of nitrogens with two attached hydrogens (primary N) is 1. The number of nitrogens with zero attached hydrogens (tertiary/aromatic N) is 3. The second kappa shape index (κ2) is 9.28. The highest BCUT2D eigenvalue weighted by Crippen LogP contribution is 2.48. The van der Waals surface area contributed by atoms with Crippen LogP contribution in [0.5, 0.6) is 0 Å². The molecule has 9 nitrogen and oxygen atoms in total. The number of amides is 1. The molecule has 0 spiro atoms. The third-order valence-corrected chi connectivity index (χ3v) is 6.04. The molecule has 0 radical (unpaired) electrons. The molecule has 3 aromatic rings. The first-order chi connectivity index (χ1) is 17.3. The number of morpholine rings is 1. The second-order valence-electron chi connectivity index (χ2n) is 8.41. The van der Waals surface area contributed by atoms with Gasteiger partial charge in [-0.1, -0.05) is 24.3 Å². The van der Waals surface area contributed by atoms with Gasteiger partial charge in [0.05, 0.1) is 36.8 Å². The van der Waals surface area contributed by atoms with E-state index in [1.54, 1.807) is 53.4 Å². The highest BCUT2D eigenvalue weighted by molar-refractivity contribution is 5.92. The lowest BCUT2D eigenvalue weighted by Gasteiger charge is -2.34. The average molecular weight is 499 g/mol. The van der Waals surface area contributed by atoms with Crippen LogP contribution in [0.15, 0.2) is 54.6 Å². The van der Waals surface area contributed by atoms with E-state index in [9.17, 15) is 18.0 Å². The Balaban J connectivity index is 1.60. The number of halogens is 3. The Labute approximate surface area is 204 Å². The molecule has 12 heteroatoms. The van der Waals surface area contributed by atoms with Crippen molar-refractivity contribution in [2.75, 3.05) is 53.7 Å². The number of hydrogen-bond acceptors (Lipinski definition) is 8. The van der Waals surface area contributed by atoms with Crippen LogP contribution >= 0.6 is 0 Å². The Morgan fingerprint density at radius 1 is 1.06 bits per heavy atom. The Hall–Kier alpha value is -3.90. The lowest BCUT2D eigenvalue weighted by Crippen LogP contribution is -2.53. The summed E-state index contributed by atoms with van der Waals surface area (Å²) in [5, 5.41) is 7.88. The van der Waals surface area contributed by atoms with Crippen molar-refractivity contribution >= 4 is 28.9 Å². The van der Waals surface area contributed by atoms with Gasteiger partial charge in [-0.15, -0.1) is 0 Å². The van der Waals surface area contributed by atoms with E-state index in [0.717, 1.165) is 0 Å². The first-order valence-electron chi connectivity index (χ1n) is 11.3. The minimum atomic E-state index is -4.74. The lowest BCUT2D eigenvalue weighted by molar-refractivity contribution is -0.173. The summed E-state index contributed by atoms with van der Waals surface area (Å²) in [6.07, 6.45) is -4.74. The molecule has 1 saturated heterocycles. The summed E-state index contributed by atoms with van der Waals surface area (Å²) >= 11 is 0. The molecule has 1 amide bonds. The van der Waals surface area contributed by atoms with Crippen LogP contribution in [0, 0.1) is 0 Å². The molecule has 188 valence electrons. The summed E-state index contributed by atoms with van der Waals surface area (Å²) < 4.78 is 49.5. The van der Waals surface area contributed by atoms with Crippen LogP contribution in [-0.2, 0) is 15.2 Å². The third-order valence-electron chi connectivity index (χ3n) is 6.04. The van der Waals surface area contributed by atoms with Crippen molar-refractivity contribution in [3.63, 3.8) is 0 Å². The molecule has 1 fully saturated rings. The van der Waals surface area contributed by atoms with Crippen LogP contribution in [0.4, 0.5) is 36.2 Å². The predicted molar refractivity (Wildman–Crippen MR) is 130 cm³/mol. The SMILES string of the molecule is NCC(=O)Nc1ccc(-c2cc(C3(C(F)(F)F)Nc4ccccc4N3)nc(N3CCOCC3)n2)cc1. The van der Waals surface area contributed by atoms with Crippen LogP contribution in [0.1, 0.15) is 5.69 Å². The number of nitrogens with one attached hydrogen (secondary N) is 3. The van der Waals surface area contributed by atoms with Gasteiger partial charge in [0, 0.05) is 24.3 Å². The van der Waals surface area contributed by atoms with Gasteiger partial charge in [-0.2, -0.15) is 13.2 Å². The number of anilines is 4. The van der Waals surface area contributed by atoms with Gasteiger partial charge in [0.25, 0.3) is 5.66 Å². The van der Waals surface area contributed by atoms with Crippen molar-refractivity contribution in [2.45, 2.75) is 11.8 Å². The van der Waals surface area contributed by atoms with Gasteiger partial charge in [-0.25, -0.2) is 9.97 Å². The fraction of sp³-hybridized carbons (Fsp3) is 0.292. The van der Waals surface area contributed by atoms with E-state index in [2.05, 4.69) is 25.9 Å². The molecule has 0 bridgehead atoms. The number of alkyl halides is 3. The molecule has 0 unspecified atom stereocenters. The van der Waals surface area contributed by atoms with E-state index >= 15 is 0 Å². The van der Waals surface area contributed by atoms with Crippen molar-refractivity contribution in [1.82, 2.24) is 9.97 Å². The first-order valence-corrected chi connectivity index (χ1v) is 11.3. The standard InChI is InChI=1S/C24H24F3N7O2/c25-24(26,27)23(32-17-3-1-2-4-18(17)33-23)20-13-19(30-22(31-20)34-9-11-36-12-10-34)15-5-7-16(8-6-15)29-21(35)14-28/h1-8,13,32-33H,9-12,14,28H2,(H,29,35). The molecule has 0 saturated carbocycles. The van der Waals surface area contributed by atoms with Crippen LogP contribution < -0.4 is 26.6 Å². The normalized spacial score (nSPS) is 16.6. The van der Waals surface area contributed by atoms with E-state index in [-0.39, 0.29) is 24.1 Å². The van der Waals surface area contributed by atoms with Gasteiger partial charge in [-0.3, -0.25) is 4.79 Å². The van der Waals surface area contributed by atoms with Crippen LogP contribution in [-0.4, -0.2) is 54.9 Å². The van der Waals surface area contributed by atoms with Crippen molar-refractivity contribution < 1.29 is 22.7 Å². The summed E-state index contributed by atoms with van der Waals surface area (Å²) in [6, 6.07) is 14.4. The van der Waals surface area contributed by atoms with Gasteiger partial charge in [-0.05, 0) is 30.3 Å². The minimum absolute atomic E-state index is 0.165. The molecule has 0 atom stereocenters. The smallest absolute Gasteiger partial charge is 0.378 e. The fourth-order valence-electron chi connectivity index (χ4n) is 4.17. The summed E-state index contributed by atoms with van der Waals surface area (Å²) in [4.78, 5) is 22.4. The summed E-state index contributed by atoms with van der Waals surface area (Å²) in [5.74, 6) is -0.179. The second-order valence-corrected chi connectivity index (χ2v) is 8.41. The fourth-order valence-corrected chi connectivity index (χ4v) is 4.17. The molecule has 36 heavy (non-hydrogen) atoms. The van der Waals surface area contributed by atoms with Gasteiger partial charge in [0.2, 0.25) is 11.9 Å². The topological polar surface area (TPSA) is 117 Å². The zero-order chi connectivity index (χ0) is 25.3. The molecular weight excluding hydrogens is 475 g/mol. The van der Waals surface area contributed by atoms with E-state index < -0.39 is 11.8 Å². The molecule has 5 N–H and O–H groups in total. The first kappa shape index (κ1) is 23.8. The van der Waals surface area contributed by atoms with Crippen LogP contribution in [0.3, 0.4) is 0 Å². The van der Waals surface area contributed by atoms with Crippen LogP contribution in [0.2, 0.25) is 0 Å². The van der Waals surface area contributed by atoms with Crippen molar-refractivity contribution in [2.24, 2.45) is 5.73 Å². The maximum atomic E-state index is 14.7. The summed E-state index contributed by atoms with van der Waals surface area (Å²) in [5.41, 5.74) is 4.45.